The average molecular weight is 534 g/mol. The Kier molecular flexibility index (Phi) is 28.1. The van der Waals surface area contributed by atoms with E-state index in [-0.39, 0.29) is 0 Å². The molecule has 0 aliphatic rings. The van der Waals surface area contributed by atoms with E-state index in [1.807, 2.05) is 0 Å². The van der Waals surface area contributed by atoms with Crippen LogP contribution in [-0.4, -0.2) is 42.6 Å². The van der Waals surface area contributed by atoms with Crippen molar-refractivity contribution < 1.29 is 18.5 Å². The largest absolute Gasteiger partial charge is 0.472 e. The molecule has 0 amide bonds. The average Bonchev–Trinajstić information content (AvgIpc) is 2.86. The second-order valence-electron chi connectivity index (χ2n) is 10.7. The highest BCUT2D eigenvalue weighted by molar-refractivity contribution is 7.47. The summed E-state index contributed by atoms with van der Waals surface area (Å²) in [6, 6.07) is 0. The van der Waals surface area contributed by atoms with E-state index < -0.39 is 7.82 Å². The molecule has 0 rings (SSSR count). The maximum atomic E-state index is 12.1. The van der Waals surface area contributed by atoms with Crippen LogP contribution in [0.1, 0.15) is 162 Å². The quantitative estimate of drug-likeness (QED) is 0.0735. The lowest BCUT2D eigenvalue weighted by Crippen LogP contribution is -2.27. The fourth-order valence-corrected chi connectivity index (χ4v) is 5.43. The van der Waals surface area contributed by atoms with Crippen LogP contribution in [0.2, 0.25) is 0 Å². The van der Waals surface area contributed by atoms with Crippen molar-refractivity contribution in [3.63, 3.8) is 0 Å². The Labute approximate surface area is 226 Å². The van der Waals surface area contributed by atoms with Crippen molar-refractivity contribution in [2.24, 2.45) is 0 Å². The van der Waals surface area contributed by atoms with E-state index in [0.717, 1.165) is 32.2 Å². The highest BCUT2D eigenvalue weighted by Crippen LogP contribution is 2.43. The van der Waals surface area contributed by atoms with Gasteiger partial charge in [0.05, 0.1) is 13.2 Å². The molecular formula is C30H64NO4P. The molecule has 218 valence electrons. The van der Waals surface area contributed by atoms with Crippen LogP contribution in [-0.2, 0) is 13.6 Å². The fraction of sp³-hybridized carbons (Fsp3) is 1.00. The van der Waals surface area contributed by atoms with Gasteiger partial charge in [-0.25, -0.2) is 4.57 Å². The molecule has 0 aromatic carbocycles. The minimum absolute atomic E-state index is 0.299. The molecule has 1 unspecified atom stereocenters. The van der Waals surface area contributed by atoms with E-state index in [2.05, 4.69) is 25.7 Å². The summed E-state index contributed by atoms with van der Waals surface area (Å²) in [6.45, 7) is 10.8. The second-order valence-corrected chi connectivity index (χ2v) is 12.1. The van der Waals surface area contributed by atoms with Crippen LogP contribution in [0.15, 0.2) is 0 Å². The maximum Gasteiger partial charge on any atom is 0.472 e. The molecule has 0 heterocycles. The van der Waals surface area contributed by atoms with Gasteiger partial charge >= 0.3 is 7.82 Å². The molecule has 1 N–H and O–H groups in total. The van der Waals surface area contributed by atoms with Crippen LogP contribution >= 0.6 is 7.82 Å². The van der Waals surface area contributed by atoms with Gasteiger partial charge in [-0.2, -0.15) is 0 Å². The monoisotopic (exact) mass is 533 g/mol. The first-order chi connectivity index (χ1) is 17.6. The summed E-state index contributed by atoms with van der Waals surface area (Å²) in [4.78, 5) is 12.5. The molecule has 0 aliphatic carbocycles. The molecule has 6 heteroatoms. The van der Waals surface area contributed by atoms with Gasteiger partial charge in [0.1, 0.15) is 0 Å². The van der Waals surface area contributed by atoms with E-state index in [1.165, 1.54) is 129 Å². The summed E-state index contributed by atoms with van der Waals surface area (Å²) in [5.74, 6) is 0. The molecule has 5 nitrogen and oxygen atoms in total. The summed E-state index contributed by atoms with van der Waals surface area (Å²) in [7, 11) is -3.90. The number of phosphoric ester groups is 1. The number of unbranched alkanes of at least 4 members (excludes halogenated alkanes) is 18. The predicted octanol–water partition coefficient (Wildman–Crippen LogP) is 10.1. The Morgan fingerprint density at radius 2 is 0.750 bits per heavy atom. The van der Waals surface area contributed by atoms with Gasteiger partial charge in [0, 0.05) is 0 Å². The molecule has 0 spiro atoms. The van der Waals surface area contributed by atoms with Crippen molar-refractivity contribution in [1.29, 1.82) is 0 Å². The van der Waals surface area contributed by atoms with Crippen molar-refractivity contribution in [2.75, 3.05) is 32.8 Å². The Morgan fingerprint density at radius 1 is 0.472 bits per heavy atom. The van der Waals surface area contributed by atoms with Gasteiger partial charge in [-0.3, -0.25) is 9.05 Å². The van der Waals surface area contributed by atoms with Crippen molar-refractivity contribution >= 4 is 7.82 Å². The van der Waals surface area contributed by atoms with Crippen molar-refractivity contribution in [3.8, 4) is 0 Å². The first kappa shape index (κ1) is 36.1. The zero-order valence-corrected chi connectivity index (χ0v) is 25.6. The molecule has 0 aromatic rings. The minimum atomic E-state index is -3.90. The molecule has 0 saturated heterocycles. The Bertz CT molecular complexity index is 462. The van der Waals surface area contributed by atoms with Gasteiger partial charge < -0.3 is 9.79 Å². The maximum absolute atomic E-state index is 12.1. The second kappa shape index (κ2) is 28.1. The molecule has 36 heavy (non-hydrogen) atoms. The normalized spacial score (nSPS) is 13.5. The van der Waals surface area contributed by atoms with Gasteiger partial charge in [-0.05, 0) is 51.7 Å². The van der Waals surface area contributed by atoms with Gasteiger partial charge in [-0.1, -0.05) is 130 Å². The van der Waals surface area contributed by atoms with Crippen molar-refractivity contribution in [3.05, 3.63) is 0 Å². The third kappa shape index (κ3) is 27.1. The van der Waals surface area contributed by atoms with Crippen LogP contribution < -0.4 is 0 Å². The first-order valence-corrected chi connectivity index (χ1v) is 17.4. The van der Waals surface area contributed by atoms with Crippen molar-refractivity contribution in [2.45, 2.75) is 162 Å². The summed E-state index contributed by atoms with van der Waals surface area (Å²) >= 11 is 0. The van der Waals surface area contributed by atoms with Crippen LogP contribution in [0, 0.1) is 0 Å². The molecule has 0 bridgehead atoms. The molecule has 0 aromatic heterocycles. The van der Waals surface area contributed by atoms with Gasteiger partial charge in [0.15, 0.2) is 0 Å². The number of nitrogens with zero attached hydrogens (tertiary/aromatic N) is 1. The highest BCUT2D eigenvalue weighted by Gasteiger charge is 2.20. The van der Waals surface area contributed by atoms with Crippen LogP contribution in [0.25, 0.3) is 0 Å². The molecule has 0 radical (unpaired) electrons. The summed E-state index contributed by atoms with van der Waals surface area (Å²) in [6.07, 6.45) is 27.4. The molecular weight excluding hydrogens is 469 g/mol. The van der Waals surface area contributed by atoms with Crippen molar-refractivity contribution in [1.82, 2.24) is 4.90 Å². The minimum Gasteiger partial charge on any atom is -0.303 e. The predicted molar refractivity (Wildman–Crippen MR) is 157 cm³/mol. The fourth-order valence-electron chi connectivity index (χ4n) is 4.64. The molecule has 1 atom stereocenters. The number of hydrogen-bond donors (Lipinski definition) is 1. The number of phosphoric acid groups is 1. The topological polar surface area (TPSA) is 59.0 Å². The van der Waals surface area contributed by atoms with Crippen LogP contribution in [0.3, 0.4) is 0 Å². The van der Waals surface area contributed by atoms with Gasteiger partial charge in [0.2, 0.25) is 0 Å². The van der Waals surface area contributed by atoms with Crippen LogP contribution in [0.4, 0.5) is 0 Å². The lowest BCUT2D eigenvalue weighted by molar-refractivity contribution is 0.143. The van der Waals surface area contributed by atoms with E-state index in [9.17, 15) is 9.46 Å². The van der Waals surface area contributed by atoms with E-state index in [4.69, 9.17) is 9.05 Å². The number of rotatable bonds is 30. The van der Waals surface area contributed by atoms with Crippen LogP contribution in [0.5, 0.6) is 0 Å². The standard InChI is InChI=1S/C30H64NO4P/c1-4-7-10-13-16-17-20-24-29-34-36(32,33)35-30-25-23-28-31(26-21-18-14-11-8-5-2)27-22-19-15-12-9-6-3/h4-30H2,1-3H3,(H,32,33). The molecule has 0 saturated carbocycles. The third-order valence-electron chi connectivity index (χ3n) is 7.03. The smallest absolute Gasteiger partial charge is 0.303 e. The lowest BCUT2D eigenvalue weighted by atomic mass is 10.1. The van der Waals surface area contributed by atoms with Gasteiger partial charge in [0.25, 0.3) is 0 Å². The summed E-state index contributed by atoms with van der Waals surface area (Å²) in [5.41, 5.74) is 0. The lowest BCUT2D eigenvalue weighted by Gasteiger charge is -2.22. The summed E-state index contributed by atoms with van der Waals surface area (Å²) in [5, 5.41) is 0. The summed E-state index contributed by atoms with van der Waals surface area (Å²) < 4.78 is 22.5. The Balaban J connectivity index is 3.95. The first-order valence-electron chi connectivity index (χ1n) is 15.9. The van der Waals surface area contributed by atoms with E-state index in [0.29, 0.717) is 13.2 Å². The van der Waals surface area contributed by atoms with Gasteiger partial charge in [-0.15, -0.1) is 0 Å². The SMILES string of the molecule is CCCCCCCCCCOP(=O)(O)OCCCCN(CCCCCCCC)CCCCCCCC. The zero-order valence-electron chi connectivity index (χ0n) is 24.7. The van der Waals surface area contributed by atoms with E-state index in [1.54, 1.807) is 0 Å². The third-order valence-corrected chi connectivity index (χ3v) is 8.05. The Morgan fingerprint density at radius 3 is 1.14 bits per heavy atom. The highest BCUT2D eigenvalue weighted by atomic mass is 31.2. The molecule has 0 aliphatic heterocycles. The Hall–Kier alpha value is 0.0700. The van der Waals surface area contributed by atoms with E-state index >= 15 is 0 Å². The number of hydrogen-bond acceptors (Lipinski definition) is 4. The molecule has 0 fully saturated rings. The zero-order chi connectivity index (χ0) is 26.6.